The number of carboxylic acids is 1. The highest BCUT2D eigenvalue weighted by molar-refractivity contribution is 14.1. The second-order valence-electron chi connectivity index (χ2n) is 5.73. The van der Waals surface area contributed by atoms with Crippen LogP contribution in [-0.4, -0.2) is 15.6 Å². The molecule has 3 fully saturated rings. The molecular formula is C13H14INO2. The fourth-order valence-corrected chi connectivity index (χ4v) is 5.11. The standard InChI is InChI=1S/C13H14INO2/c14-8-4-9(13(16)17)15(5-8)12-10-6-1-2-7(3-6)11(10)12/h4-7,10-12H,1-3H2,(H,16,17). The highest BCUT2D eigenvalue weighted by atomic mass is 127. The van der Waals surface area contributed by atoms with Gasteiger partial charge in [0.1, 0.15) is 5.69 Å². The van der Waals surface area contributed by atoms with E-state index in [1.165, 1.54) is 19.3 Å². The first-order chi connectivity index (χ1) is 8.16. The van der Waals surface area contributed by atoms with Gasteiger partial charge >= 0.3 is 5.97 Å². The summed E-state index contributed by atoms with van der Waals surface area (Å²) in [6.07, 6.45) is 6.19. The molecule has 0 saturated heterocycles. The Hall–Kier alpha value is -0.520. The van der Waals surface area contributed by atoms with Gasteiger partial charge in [-0.25, -0.2) is 4.79 Å². The Labute approximate surface area is 113 Å². The maximum Gasteiger partial charge on any atom is 0.352 e. The molecule has 3 saturated carbocycles. The van der Waals surface area contributed by atoms with Crippen molar-refractivity contribution in [1.29, 1.82) is 0 Å². The van der Waals surface area contributed by atoms with E-state index in [-0.39, 0.29) is 0 Å². The topological polar surface area (TPSA) is 42.2 Å². The average molecular weight is 343 g/mol. The van der Waals surface area contributed by atoms with Gasteiger partial charge in [0.2, 0.25) is 0 Å². The van der Waals surface area contributed by atoms with Gasteiger partial charge in [-0.05, 0) is 71.6 Å². The number of aromatic nitrogens is 1. The monoisotopic (exact) mass is 343 g/mol. The summed E-state index contributed by atoms with van der Waals surface area (Å²) in [5, 5.41) is 9.24. The summed E-state index contributed by atoms with van der Waals surface area (Å²) < 4.78 is 3.08. The molecule has 17 heavy (non-hydrogen) atoms. The van der Waals surface area contributed by atoms with Crippen molar-refractivity contribution < 1.29 is 9.90 Å². The number of hydrogen-bond donors (Lipinski definition) is 1. The smallest absolute Gasteiger partial charge is 0.352 e. The van der Waals surface area contributed by atoms with Gasteiger partial charge < -0.3 is 9.67 Å². The predicted molar refractivity (Wildman–Crippen MR) is 71.0 cm³/mol. The number of nitrogens with zero attached hydrogens (tertiary/aromatic N) is 1. The summed E-state index contributed by atoms with van der Waals surface area (Å²) in [6, 6.07) is 2.29. The molecule has 0 aromatic carbocycles. The Bertz CT molecular complexity index is 494. The second-order valence-corrected chi connectivity index (χ2v) is 6.98. The molecule has 90 valence electrons. The molecular weight excluding hydrogens is 329 g/mol. The van der Waals surface area contributed by atoms with Gasteiger partial charge in [-0.1, -0.05) is 0 Å². The van der Waals surface area contributed by atoms with E-state index in [2.05, 4.69) is 22.6 Å². The van der Waals surface area contributed by atoms with Crippen LogP contribution >= 0.6 is 22.6 Å². The lowest BCUT2D eigenvalue weighted by molar-refractivity contribution is 0.0684. The van der Waals surface area contributed by atoms with Crippen LogP contribution in [0.1, 0.15) is 35.8 Å². The van der Waals surface area contributed by atoms with Crippen LogP contribution in [0.3, 0.4) is 0 Å². The molecule has 0 aliphatic heterocycles. The fourth-order valence-electron chi connectivity index (χ4n) is 4.51. The van der Waals surface area contributed by atoms with Crippen molar-refractivity contribution in [3.8, 4) is 0 Å². The minimum absolute atomic E-state index is 0.480. The molecule has 1 heterocycles. The number of carboxylic acid groups (broad SMARTS) is 1. The summed E-state index contributed by atoms with van der Waals surface area (Å²) in [4.78, 5) is 11.2. The summed E-state index contributed by atoms with van der Waals surface area (Å²) in [5.41, 5.74) is 0.480. The fraction of sp³-hybridized carbons (Fsp3) is 0.615. The molecule has 3 aliphatic carbocycles. The highest BCUT2D eigenvalue weighted by Crippen LogP contribution is 2.71. The predicted octanol–water partition coefficient (Wildman–Crippen LogP) is 3.01. The van der Waals surface area contributed by atoms with E-state index in [1.54, 1.807) is 6.07 Å². The van der Waals surface area contributed by atoms with Crippen molar-refractivity contribution in [2.75, 3.05) is 0 Å². The van der Waals surface area contributed by atoms with Gasteiger partial charge in [0.05, 0.1) is 0 Å². The zero-order valence-electron chi connectivity index (χ0n) is 9.34. The quantitative estimate of drug-likeness (QED) is 0.839. The molecule has 0 amide bonds. The zero-order valence-corrected chi connectivity index (χ0v) is 11.5. The summed E-state index contributed by atoms with van der Waals surface area (Å²) in [7, 11) is 0. The Morgan fingerprint density at radius 3 is 2.59 bits per heavy atom. The van der Waals surface area contributed by atoms with Crippen molar-refractivity contribution in [2.24, 2.45) is 23.7 Å². The van der Waals surface area contributed by atoms with E-state index in [0.717, 1.165) is 27.2 Å². The molecule has 0 spiro atoms. The van der Waals surface area contributed by atoms with Crippen LogP contribution in [0, 0.1) is 27.2 Å². The van der Waals surface area contributed by atoms with Crippen LogP contribution in [0.5, 0.6) is 0 Å². The molecule has 4 rings (SSSR count). The number of hydrogen-bond acceptors (Lipinski definition) is 1. The van der Waals surface area contributed by atoms with Crippen LogP contribution in [0.4, 0.5) is 0 Å². The number of halogens is 1. The van der Waals surface area contributed by atoms with E-state index in [1.807, 2.05) is 10.8 Å². The van der Waals surface area contributed by atoms with Crippen molar-refractivity contribution in [2.45, 2.75) is 25.3 Å². The molecule has 1 aromatic rings. The van der Waals surface area contributed by atoms with Gasteiger partial charge in [0, 0.05) is 15.8 Å². The molecule has 4 atom stereocenters. The lowest BCUT2D eigenvalue weighted by atomic mass is 10.0. The van der Waals surface area contributed by atoms with Gasteiger partial charge in [-0.15, -0.1) is 0 Å². The van der Waals surface area contributed by atoms with Crippen LogP contribution in [0.25, 0.3) is 0 Å². The minimum Gasteiger partial charge on any atom is -0.477 e. The Morgan fingerprint density at radius 2 is 2.00 bits per heavy atom. The van der Waals surface area contributed by atoms with Gasteiger partial charge in [0.15, 0.2) is 0 Å². The maximum atomic E-state index is 11.2. The molecule has 3 nitrogen and oxygen atoms in total. The second kappa shape index (κ2) is 3.28. The van der Waals surface area contributed by atoms with Crippen molar-refractivity contribution >= 4 is 28.6 Å². The van der Waals surface area contributed by atoms with Crippen molar-refractivity contribution in [1.82, 2.24) is 4.57 Å². The van der Waals surface area contributed by atoms with Crippen LogP contribution in [0.15, 0.2) is 12.3 Å². The van der Waals surface area contributed by atoms with E-state index < -0.39 is 5.97 Å². The number of carbonyl (C=O) groups is 1. The summed E-state index contributed by atoms with van der Waals surface area (Å²) in [6.45, 7) is 0. The third-order valence-electron chi connectivity index (χ3n) is 5.05. The van der Waals surface area contributed by atoms with Gasteiger partial charge in [0.25, 0.3) is 0 Å². The molecule has 4 unspecified atom stereocenters. The minimum atomic E-state index is -0.787. The largest absolute Gasteiger partial charge is 0.477 e. The lowest BCUT2D eigenvalue weighted by Crippen LogP contribution is -2.10. The van der Waals surface area contributed by atoms with Crippen LogP contribution < -0.4 is 0 Å². The summed E-state index contributed by atoms with van der Waals surface area (Å²) in [5.74, 6) is 2.56. The first-order valence-electron chi connectivity index (χ1n) is 6.27. The summed E-state index contributed by atoms with van der Waals surface area (Å²) >= 11 is 2.21. The van der Waals surface area contributed by atoms with Crippen molar-refractivity contribution in [3.05, 3.63) is 21.5 Å². The Morgan fingerprint density at radius 1 is 1.35 bits per heavy atom. The Kier molecular flexibility index (Phi) is 2.00. The number of rotatable bonds is 2. The molecule has 1 aromatic heterocycles. The Balaban J connectivity index is 1.71. The van der Waals surface area contributed by atoms with E-state index >= 15 is 0 Å². The molecule has 0 radical (unpaired) electrons. The van der Waals surface area contributed by atoms with Gasteiger partial charge in [-0.2, -0.15) is 0 Å². The van der Waals surface area contributed by atoms with Crippen LogP contribution in [-0.2, 0) is 0 Å². The third-order valence-corrected chi connectivity index (χ3v) is 5.64. The molecule has 1 N–H and O–H groups in total. The zero-order chi connectivity index (χ0) is 11.7. The van der Waals surface area contributed by atoms with Crippen molar-refractivity contribution in [3.63, 3.8) is 0 Å². The van der Waals surface area contributed by atoms with E-state index in [4.69, 9.17) is 0 Å². The first-order valence-corrected chi connectivity index (χ1v) is 7.35. The average Bonchev–Trinajstić information content (AvgIpc) is 2.67. The first kappa shape index (κ1) is 10.4. The molecule has 4 heteroatoms. The third kappa shape index (κ3) is 1.30. The number of aromatic carboxylic acids is 1. The molecule has 3 aliphatic rings. The van der Waals surface area contributed by atoms with E-state index in [9.17, 15) is 9.90 Å². The highest BCUT2D eigenvalue weighted by Gasteiger charge is 2.66. The lowest BCUT2D eigenvalue weighted by Gasteiger charge is -2.11. The van der Waals surface area contributed by atoms with Gasteiger partial charge in [-0.3, -0.25) is 0 Å². The van der Waals surface area contributed by atoms with Crippen LogP contribution in [0.2, 0.25) is 0 Å². The molecule has 2 bridgehead atoms. The normalized spacial score (nSPS) is 41.6. The SMILES string of the molecule is O=C(O)c1cc(I)cn1C1C2C3CCC(C3)C21. The van der Waals surface area contributed by atoms with E-state index in [0.29, 0.717) is 11.7 Å². The number of fused-ring (bicyclic) bond motifs is 5. The maximum absolute atomic E-state index is 11.2.